The Bertz CT molecular complexity index is 1060. The predicted octanol–water partition coefficient (Wildman–Crippen LogP) is 4.56. The lowest BCUT2D eigenvalue weighted by Crippen LogP contribution is -2.22. The van der Waals surface area contributed by atoms with Gasteiger partial charge in [-0.2, -0.15) is 0 Å². The highest BCUT2D eigenvalue weighted by molar-refractivity contribution is 6.32. The zero-order chi connectivity index (χ0) is 18.4. The summed E-state index contributed by atoms with van der Waals surface area (Å²) in [5.41, 5.74) is 1.58. The molecule has 26 heavy (non-hydrogen) atoms. The van der Waals surface area contributed by atoms with Crippen molar-refractivity contribution in [1.82, 2.24) is 0 Å². The lowest BCUT2D eigenvalue weighted by molar-refractivity contribution is 0.0901. The van der Waals surface area contributed by atoms with Gasteiger partial charge in [0.25, 0.3) is 0 Å². The van der Waals surface area contributed by atoms with Gasteiger partial charge in [0, 0.05) is 22.6 Å². The zero-order valence-electron chi connectivity index (χ0n) is 14.4. The molecular formula is C22H16O4. The molecule has 1 heterocycles. The maximum absolute atomic E-state index is 13.1. The zero-order valence-corrected chi connectivity index (χ0v) is 14.4. The number of carbonyl (C=O) groups is 3. The molecule has 128 valence electrons. The van der Waals surface area contributed by atoms with Gasteiger partial charge < -0.3 is 4.42 Å². The van der Waals surface area contributed by atoms with E-state index in [0.717, 1.165) is 0 Å². The van der Waals surface area contributed by atoms with Crippen LogP contribution in [0, 0.1) is 5.92 Å². The number of hydrogen-bond donors (Lipinski definition) is 0. The van der Waals surface area contributed by atoms with Gasteiger partial charge in [-0.05, 0) is 0 Å². The molecule has 0 radical (unpaired) electrons. The van der Waals surface area contributed by atoms with Crippen molar-refractivity contribution in [2.75, 3.05) is 0 Å². The molecule has 0 bridgehead atoms. The fourth-order valence-electron chi connectivity index (χ4n) is 3.24. The smallest absolute Gasteiger partial charge is 0.201 e. The molecule has 1 aromatic heterocycles. The Hall–Kier alpha value is -3.27. The standard InChI is InChI=1S/C22H16O4/c1-12(2)18(23)22-17-16(21(26-22)13-8-4-3-5-9-13)19(24)14-10-6-7-11-15(14)20(17)25/h3-12H,1-2H3. The van der Waals surface area contributed by atoms with E-state index < -0.39 is 0 Å². The molecule has 0 amide bonds. The number of carbonyl (C=O) groups excluding carboxylic acids is 3. The summed E-state index contributed by atoms with van der Waals surface area (Å²) in [5.74, 6) is -1.03. The maximum atomic E-state index is 13.1. The van der Waals surface area contributed by atoms with Crippen LogP contribution in [0.2, 0.25) is 0 Å². The van der Waals surface area contributed by atoms with Crippen LogP contribution in [0.15, 0.2) is 59.0 Å². The van der Waals surface area contributed by atoms with Crippen LogP contribution in [-0.4, -0.2) is 17.3 Å². The maximum Gasteiger partial charge on any atom is 0.201 e. The second-order valence-corrected chi connectivity index (χ2v) is 6.60. The van der Waals surface area contributed by atoms with Crippen molar-refractivity contribution < 1.29 is 18.8 Å². The first-order valence-corrected chi connectivity index (χ1v) is 8.45. The number of hydrogen-bond acceptors (Lipinski definition) is 4. The molecule has 0 atom stereocenters. The molecular weight excluding hydrogens is 328 g/mol. The quantitative estimate of drug-likeness (QED) is 0.511. The normalized spacial score (nSPS) is 12.9. The number of Topliss-reactive ketones (excluding diaryl/α,β-unsaturated/α-hetero) is 1. The van der Waals surface area contributed by atoms with Crippen molar-refractivity contribution in [2.24, 2.45) is 5.92 Å². The molecule has 0 aliphatic heterocycles. The molecule has 4 heteroatoms. The number of benzene rings is 2. The molecule has 2 aromatic carbocycles. The van der Waals surface area contributed by atoms with E-state index in [1.807, 2.05) is 18.2 Å². The largest absolute Gasteiger partial charge is 0.451 e. The minimum absolute atomic E-state index is 0.0262. The Morgan fingerprint density at radius 1 is 0.808 bits per heavy atom. The molecule has 0 fully saturated rings. The molecule has 0 saturated carbocycles. The van der Waals surface area contributed by atoms with Crippen molar-refractivity contribution >= 4 is 17.3 Å². The van der Waals surface area contributed by atoms with Crippen LogP contribution in [0.25, 0.3) is 11.3 Å². The Kier molecular flexibility index (Phi) is 3.69. The van der Waals surface area contributed by atoms with Crippen LogP contribution in [-0.2, 0) is 0 Å². The van der Waals surface area contributed by atoms with Crippen LogP contribution < -0.4 is 0 Å². The molecule has 4 nitrogen and oxygen atoms in total. The van der Waals surface area contributed by atoms with Gasteiger partial charge in [0.2, 0.25) is 5.78 Å². The van der Waals surface area contributed by atoms with Gasteiger partial charge in [0.05, 0.1) is 11.1 Å². The fourth-order valence-corrected chi connectivity index (χ4v) is 3.24. The van der Waals surface area contributed by atoms with E-state index in [9.17, 15) is 14.4 Å². The molecule has 4 rings (SSSR count). The summed E-state index contributed by atoms with van der Waals surface area (Å²) in [6, 6.07) is 15.7. The second-order valence-electron chi connectivity index (χ2n) is 6.60. The van der Waals surface area contributed by atoms with Crippen molar-refractivity contribution in [3.05, 3.63) is 82.6 Å². The van der Waals surface area contributed by atoms with Crippen molar-refractivity contribution in [2.45, 2.75) is 13.8 Å². The topological polar surface area (TPSA) is 64.3 Å². The first kappa shape index (κ1) is 16.2. The van der Waals surface area contributed by atoms with E-state index in [1.54, 1.807) is 50.2 Å². The van der Waals surface area contributed by atoms with Crippen LogP contribution in [0.3, 0.4) is 0 Å². The van der Waals surface area contributed by atoms with Gasteiger partial charge in [-0.3, -0.25) is 14.4 Å². The molecule has 0 saturated heterocycles. The minimum Gasteiger partial charge on any atom is -0.451 e. The van der Waals surface area contributed by atoms with Gasteiger partial charge in [-0.25, -0.2) is 0 Å². The summed E-state index contributed by atoms with van der Waals surface area (Å²) in [6.45, 7) is 3.48. The monoisotopic (exact) mass is 344 g/mol. The van der Waals surface area contributed by atoms with E-state index in [4.69, 9.17) is 4.42 Å². The van der Waals surface area contributed by atoms with Gasteiger partial charge >= 0.3 is 0 Å². The Balaban J connectivity index is 2.05. The van der Waals surface area contributed by atoms with E-state index in [2.05, 4.69) is 0 Å². The number of rotatable bonds is 3. The number of fused-ring (bicyclic) bond motifs is 2. The average Bonchev–Trinajstić information content (AvgIpc) is 3.07. The third kappa shape index (κ3) is 2.26. The van der Waals surface area contributed by atoms with Gasteiger partial charge in [-0.1, -0.05) is 68.4 Å². The fraction of sp³-hybridized carbons (Fsp3) is 0.136. The lowest BCUT2D eigenvalue weighted by Gasteiger charge is -2.15. The van der Waals surface area contributed by atoms with Gasteiger partial charge in [0.1, 0.15) is 5.76 Å². The van der Waals surface area contributed by atoms with Crippen LogP contribution in [0.5, 0.6) is 0 Å². The van der Waals surface area contributed by atoms with Gasteiger partial charge in [-0.15, -0.1) is 0 Å². The molecule has 0 unspecified atom stereocenters. The van der Waals surface area contributed by atoms with E-state index >= 15 is 0 Å². The second kappa shape index (κ2) is 5.92. The highest BCUT2D eigenvalue weighted by Crippen LogP contribution is 2.39. The Morgan fingerprint density at radius 2 is 1.35 bits per heavy atom. The van der Waals surface area contributed by atoms with Crippen LogP contribution in [0.4, 0.5) is 0 Å². The average molecular weight is 344 g/mol. The van der Waals surface area contributed by atoms with Crippen LogP contribution in [0.1, 0.15) is 56.2 Å². The molecule has 0 N–H and O–H groups in total. The lowest BCUT2D eigenvalue weighted by atomic mass is 9.82. The first-order chi connectivity index (χ1) is 12.5. The predicted molar refractivity (Wildman–Crippen MR) is 96.6 cm³/mol. The van der Waals surface area contributed by atoms with Gasteiger partial charge in [0.15, 0.2) is 17.3 Å². The first-order valence-electron chi connectivity index (χ1n) is 8.45. The summed E-state index contributed by atoms with van der Waals surface area (Å²) in [7, 11) is 0. The molecule has 1 aliphatic rings. The van der Waals surface area contributed by atoms with Crippen LogP contribution >= 0.6 is 0 Å². The summed E-state index contributed by atoms with van der Waals surface area (Å²) < 4.78 is 5.86. The summed E-state index contributed by atoms with van der Waals surface area (Å²) in [4.78, 5) is 38.9. The highest BCUT2D eigenvalue weighted by atomic mass is 16.4. The number of furan rings is 1. The van der Waals surface area contributed by atoms with E-state index in [-0.39, 0.29) is 45.9 Å². The van der Waals surface area contributed by atoms with E-state index in [0.29, 0.717) is 16.7 Å². The summed E-state index contributed by atoms with van der Waals surface area (Å²) in [6.07, 6.45) is 0. The minimum atomic E-state index is -0.353. The Labute approximate surface area is 150 Å². The third-order valence-corrected chi connectivity index (χ3v) is 4.56. The summed E-state index contributed by atoms with van der Waals surface area (Å²) in [5, 5.41) is 0. The SMILES string of the molecule is CC(C)C(=O)c1oc(-c2ccccc2)c2c1C(=O)c1ccccc1C2=O. The third-order valence-electron chi connectivity index (χ3n) is 4.56. The summed E-state index contributed by atoms with van der Waals surface area (Å²) >= 11 is 0. The Morgan fingerprint density at radius 3 is 1.92 bits per heavy atom. The van der Waals surface area contributed by atoms with Crippen molar-refractivity contribution in [3.63, 3.8) is 0 Å². The molecule has 1 aliphatic carbocycles. The van der Waals surface area contributed by atoms with Crippen molar-refractivity contribution in [1.29, 1.82) is 0 Å². The molecule has 3 aromatic rings. The molecule has 0 spiro atoms. The van der Waals surface area contributed by atoms with Crippen molar-refractivity contribution in [3.8, 4) is 11.3 Å². The number of ketones is 3. The highest BCUT2D eigenvalue weighted by Gasteiger charge is 2.39. The van der Waals surface area contributed by atoms with E-state index in [1.165, 1.54) is 0 Å².